The van der Waals surface area contributed by atoms with Gasteiger partial charge in [0.1, 0.15) is 17.6 Å². The second kappa shape index (κ2) is 6.67. The zero-order chi connectivity index (χ0) is 18.1. The molecule has 0 bridgehead atoms. The Labute approximate surface area is 150 Å². The maximum atomic E-state index is 12.8. The van der Waals surface area contributed by atoms with Crippen molar-refractivity contribution < 1.29 is 19.1 Å². The highest BCUT2D eigenvalue weighted by Crippen LogP contribution is 2.26. The number of hydrogen-bond acceptors (Lipinski definition) is 4. The van der Waals surface area contributed by atoms with E-state index in [1.807, 2.05) is 24.3 Å². The standard InChI is InChI=1S/C21H19NO4/c23-16-7-5-14(6-8-16)20(24)15-9-11-22(12-10-15)21(25)18-13-26-19-4-2-1-3-17(18)19/h1-8,13,15,23H,9-12H2. The summed E-state index contributed by atoms with van der Waals surface area (Å²) in [6.45, 7) is 1.10. The van der Waals surface area contributed by atoms with Gasteiger partial charge in [-0.3, -0.25) is 9.59 Å². The van der Waals surface area contributed by atoms with E-state index in [-0.39, 0.29) is 23.4 Å². The van der Waals surface area contributed by atoms with Gasteiger partial charge in [-0.25, -0.2) is 0 Å². The van der Waals surface area contributed by atoms with Crippen LogP contribution in [0.5, 0.6) is 5.75 Å². The first kappa shape index (κ1) is 16.4. The highest BCUT2D eigenvalue weighted by Gasteiger charge is 2.29. The molecule has 0 radical (unpaired) electrons. The van der Waals surface area contributed by atoms with E-state index in [2.05, 4.69) is 0 Å². The fourth-order valence-corrected chi connectivity index (χ4v) is 3.52. The Bertz CT molecular complexity index is 950. The summed E-state index contributed by atoms with van der Waals surface area (Å²) >= 11 is 0. The molecule has 0 aliphatic carbocycles. The minimum atomic E-state index is -0.0929. The number of rotatable bonds is 3. The summed E-state index contributed by atoms with van der Waals surface area (Å²) in [5, 5.41) is 10.2. The monoisotopic (exact) mass is 349 g/mol. The van der Waals surface area contributed by atoms with E-state index < -0.39 is 0 Å². The number of aromatic hydroxyl groups is 1. The zero-order valence-electron chi connectivity index (χ0n) is 14.2. The van der Waals surface area contributed by atoms with Gasteiger partial charge in [-0.1, -0.05) is 18.2 Å². The Kier molecular flexibility index (Phi) is 4.21. The van der Waals surface area contributed by atoms with Gasteiger partial charge in [-0.2, -0.15) is 0 Å². The Morgan fingerprint density at radius 1 is 1.00 bits per heavy atom. The van der Waals surface area contributed by atoms with Crippen LogP contribution in [0.3, 0.4) is 0 Å². The molecule has 26 heavy (non-hydrogen) atoms. The lowest BCUT2D eigenvalue weighted by Crippen LogP contribution is -2.40. The number of para-hydroxylation sites is 1. The molecule has 0 unspecified atom stereocenters. The van der Waals surface area contributed by atoms with Crippen molar-refractivity contribution in [2.24, 2.45) is 5.92 Å². The molecule has 1 saturated heterocycles. The van der Waals surface area contributed by atoms with E-state index in [1.54, 1.807) is 17.0 Å². The number of carbonyl (C=O) groups is 2. The Hall–Kier alpha value is -3.08. The zero-order valence-corrected chi connectivity index (χ0v) is 14.2. The van der Waals surface area contributed by atoms with E-state index in [1.165, 1.54) is 18.4 Å². The van der Waals surface area contributed by atoms with Gasteiger partial charge in [0.15, 0.2) is 5.78 Å². The molecule has 1 N–H and O–H groups in total. The third-order valence-electron chi connectivity index (χ3n) is 5.02. The highest BCUT2D eigenvalue weighted by molar-refractivity contribution is 6.06. The predicted molar refractivity (Wildman–Crippen MR) is 97.3 cm³/mol. The largest absolute Gasteiger partial charge is 0.508 e. The van der Waals surface area contributed by atoms with Crippen molar-refractivity contribution in [1.29, 1.82) is 0 Å². The number of phenols is 1. The summed E-state index contributed by atoms with van der Waals surface area (Å²) in [7, 11) is 0. The summed E-state index contributed by atoms with van der Waals surface area (Å²) in [6, 6.07) is 13.8. The van der Waals surface area contributed by atoms with Crippen LogP contribution in [0.1, 0.15) is 33.6 Å². The minimum Gasteiger partial charge on any atom is -0.508 e. The van der Waals surface area contributed by atoms with Gasteiger partial charge in [0.2, 0.25) is 0 Å². The summed E-state index contributed by atoms with van der Waals surface area (Å²) in [6.07, 6.45) is 2.79. The van der Waals surface area contributed by atoms with Crippen molar-refractivity contribution in [3.8, 4) is 5.75 Å². The first-order valence-corrected chi connectivity index (χ1v) is 8.72. The van der Waals surface area contributed by atoms with Crippen LogP contribution in [-0.4, -0.2) is 34.8 Å². The maximum Gasteiger partial charge on any atom is 0.257 e. The fourth-order valence-electron chi connectivity index (χ4n) is 3.52. The van der Waals surface area contributed by atoms with Gasteiger partial charge >= 0.3 is 0 Å². The van der Waals surface area contributed by atoms with Crippen molar-refractivity contribution in [1.82, 2.24) is 4.90 Å². The number of fused-ring (bicyclic) bond motifs is 1. The molecule has 1 aliphatic heterocycles. The lowest BCUT2D eigenvalue weighted by molar-refractivity contribution is 0.0651. The Morgan fingerprint density at radius 2 is 1.69 bits per heavy atom. The number of carbonyl (C=O) groups excluding carboxylic acids is 2. The molecule has 2 heterocycles. The van der Waals surface area contributed by atoms with Gasteiger partial charge in [-0.05, 0) is 43.2 Å². The molecule has 5 heteroatoms. The van der Waals surface area contributed by atoms with E-state index in [9.17, 15) is 14.7 Å². The molecular formula is C21H19NO4. The van der Waals surface area contributed by atoms with Gasteiger partial charge in [0, 0.05) is 30.0 Å². The molecule has 3 aromatic rings. The number of nitrogens with zero attached hydrogens (tertiary/aromatic N) is 1. The molecule has 0 saturated carbocycles. The number of likely N-dealkylation sites (tertiary alicyclic amines) is 1. The molecule has 5 nitrogen and oxygen atoms in total. The first-order chi connectivity index (χ1) is 12.6. The number of benzene rings is 2. The summed E-state index contributed by atoms with van der Waals surface area (Å²) < 4.78 is 5.47. The molecule has 132 valence electrons. The van der Waals surface area contributed by atoms with Crippen molar-refractivity contribution in [2.75, 3.05) is 13.1 Å². The van der Waals surface area contributed by atoms with Crippen molar-refractivity contribution >= 4 is 22.7 Å². The summed E-state index contributed by atoms with van der Waals surface area (Å²) in [5.41, 5.74) is 1.88. The molecule has 1 aromatic heterocycles. The predicted octanol–water partition coefficient (Wildman–Crippen LogP) is 3.87. The van der Waals surface area contributed by atoms with Crippen LogP contribution in [0.25, 0.3) is 11.0 Å². The van der Waals surface area contributed by atoms with E-state index in [0.717, 1.165) is 5.39 Å². The second-order valence-electron chi connectivity index (χ2n) is 6.62. The molecule has 0 atom stereocenters. The van der Waals surface area contributed by atoms with Crippen LogP contribution >= 0.6 is 0 Å². The quantitative estimate of drug-likeness (QED) is 0.729. The molecule has 0 spiro atoms. The minimum absolute atomic E-state index is 0.0505. The van der Waals surface area contributed by atoms with Gasteiger partial charge in [0.25, 0.3) is 5.91 Å². The third kappa shape index (κ3) is 2.96. The molecule has 2 aromatic carbocycles. The Morgan fingerprint density at radius 3 is 2.42 bits per heavy atom. The average Bonchev–Trinajstić information content (AvgIpc) is 3.12. The number of piperidine rings is 1. The van der Waals surface area contributed by atoms with Gasteiger partial charge in [0.05, 0.1) is 5.56 Å². The number of phenolic OH excluding ortho intramolecular Hbond substituents is 1. The van der Waals surface area contributed by atoms with Crippen molar-refractivity contribution in [2.45, 2.75) is 12.8 Å². The van der Waals surface area contributed by atoms with Crippen LogP contribution in [0.4, 0.5) is 0 Å². The topological polar surface area (TPSA) is 70.8 Å². The third-order valence-corrected chi connectivity index (χ3v) is 5.02. The second-order valence-corrected chi connectivity index (χ2v) is 6.62. The number of amides is 1. The molecule has 1 aliphatic rings. The van der Waals surface area contributed by atoms with Crippen LogP contribution in [0.2, 0.25) is 0 Å². The lowest BCUT2D eigenvalue weighted by Gasteiger charge is -2.31. The van der Waals surface area contributed by atoms with Crippen LogP contribution in [-0.2, 0) is 0 Å². The number of Topliss-reactive ketones (excluding diaryl/α,β-unsaturated/α-hetero) is 1. The number of ketones is 1. The van der Waals surface area contributed by atoms with Gasteiger partial charge in [-0.15, -0.1) is 0 Å². The molecule has 1 fully saturated rings. The van der Waals surface area contributed by atoms with Crippen LogP contribution in [0, 0.1) is 5.92 Å². The molecule has 4 rings (SSSR count). The van der Waals surface area contributed by atoms with Crippen molar-refractivity contribution in [3.05, 3.63) is 65.9 Å². The van der Waals surface area contributed by atoms with Crippen LogP contribution in [0.15, 0.2) is 59.2 Å². The van der Waals surface area contributed by atoms with Gasteiger partial charge < -0.3 is 14.4 Å². The SMILES string of the molecule is O=C(c1ccc(O)cc1)C1CCN(C(=O)c2coc3ccccc23)CC1. The highest BCUT2D eigenvalue weighted by atomic mass is 16.3. The van der Waals surface area contributed by atoms with E-state index in [4.69, 9.17) is 4.42 Å². The lowest BCUT2D eigenvalue weighted by atomic mass is 9.88. The molecular weight excluding hydrogens is 330 g/mol. The number of furan rings is 1. The van der Waals surface area contributed by atoms with E-state index >= 15 is 0 Å². The fraction of sp³-hybridized carbons (Fsp3) is 0.238. The summed E-state index contributed by atoms with van der Waals surface area (Å²) in [5.74, 6) is 0.0790. The van der Waals surface area contributed by atoms with Crippen molar-refractivity contribution in [3.63, 3.8) is 0 Å². The average molecular weight is 349 g/mol. The Balaban J connectivity index is 1.44. The van der Waals surface area contributed by atoms with Crippen LogP contribution < -0.4 is 0 Å². The number of hydrogen-bond donors (Lipinski definition) is 1. The maximum absolute atomic E-state index is 12.8. The summed E-state index contributed by atoms with van der Waals surface area (Å²) in [4.78, 5) is 27.2. The molecule has 1 amide bonds. The first-order valence-electron chi connectivity index (χ1n) is 8.72. The van der Waals surface area contributed by atoms with E-state index in [0.29, 0.717) is 42.6 Å². The normalized spacial score (nSPS) is 15.3. The smallest absolute Gasteiger partial charge is 0.257 e.